The van der Waals surface area contributed by atoms with Crippen LogP contribution in [0.5, 0.6) is 0 Å². The first-order chi connectivity index (χ1) is 12.4. The molecule has 26 heavy (non-hydrogen) atoms. The number of anilines is 1. The summed E-state index contributed by atoms with van der Waals surface area (Å²) in [6.45, 7) is 6.52. The van der Waals surface area contributed by atoms with E-state index in [1.165, 1.54) is 5.56 Å². The van der Waals surface area contributed by atoms with Gasteiger partial charge < -0.3 is 15.5 Å². The topological polar surface area (TPSA) is 61.4 Å². The summed E-state index contributed by atoms with van der Waals surface area (Å²) >= 11 is 0. The van der Waals surface area contributed by atoms with Crippen molar-refractivity contribution in [2.45, 2.75) is 39.3 Å². The zero-order valence-electron chi connectivity index (χ0n) is 15.5. The Balaban J connectivity index is 1.58. The van der Waals surface area contributed by atoms with Crippen molar-refractivity contribution in [3.05, 3.63) is 65.2 Å². The van der Waals surface area contributed by atoms with E-state index in [4.69, 9.17) is 0 Å². The lowest BCUT2D eigenvalue weighted by molar-refractivity contribution is -0.117. The summed E-state index contributed by atoms with van der Waals surface area (Å²) in [7, 11) is 0. The number of hydrogen-bond acceptors (Lipinski definition) is 2. The molecule has 3 amide bonds. The van der Waals surface area contributed by atoms with Gasteiger partial charge in [0.25, 0.3) is 0 Å². The van der Waals surface area contributed by atoms with Crippen molar-refractivity contribution in [1.29, 1.82) is 0 Å². The van der Waals surface area contributed by atoms with Gasteiger partial charge >= 0.3 is 6.03 Å². The summed E-state index contributed by atoms with van der Waals surface area (Å²) in [6.07, 6.45) is 0.320. The number of nitrogens with one attached hydrogen (secondary N) is 2. The lowest BCUT2D eigenvalue weighted by Gasteiger charge is -2.20. The molecular formula is C21H25N3O2. The second-order valence-corrected chi connectivity index (χ2v) is 6.92. The minimum atomic E-state index is -0.249. The van der Waals surface area contributed by atoms with Gasteiger partial charge in [-0.3, -0.25) is 4.79 Å². The number of hydrogen-bond donors (Lipinski definition) is 2. The Hall–Kier alpha value is -2.82. The van der Waals surface area contributed by atoms with E-state index in [0.717, 1.165) is 16.8 Å². The molecule has 2 N–H and O–H groups in total. The first-order valence-corrected chi connectivity index (χ1v) is 8.93. The maximum Gasteiger partial charge on any atom is 0.315 e. The average Bonchev–Trinajstić information content (AvgIpc) is 2.98. The number of carbonyl (C=O) groups excluding carboxylic acids is 2. The molecule has 2 aromatic rings. The first-order valence-electron chi connectivity index (χ1n) is 8.93. The highest BCUT2D eigenvalue weighted by Gasteiger charge is 2.31. The lowest BCUT2D eigenvalue weighted by atomic mass is 10.1. The summed E-state index contributed by atoms with van der Waals surface area (Å²) in [6, 6.07) is 15.3. The summed E-state index contributed by atoms with van der Waals surface area (Å²) in [5, 5.41) is 5.85. The SMILES string of the molecule is Cc1ccc(N2C[C@@H](NC(=O)N[C@H](C)c3ccccc3)CC2=O)cc1C. The van der Waals surface area contributed by atoms with E-state index in [1.54, 1.807) is 4.90 Å². The quantitative estimate of drug-likeness (QED) is 0.886. The Kier molecular flexibility index (Phi) is 5.26. The molecule has 0 bridgehead atoms. The third-order valence-corrected chi connectivity index (χ3v) is 4.91. The maximum atomic E-state index is 12.4. The molecule has 136 valence electrons. The van der Waals surface area contributed by atoms with Gasteiger partial charge in [0.05, 0.1) is 12.1 Å². The van der Waals surface area contributed by atoms with E-state index in [9.17, 15) is 9.59 Å². The minimum Gasteiger partial charge on any atom is -0.333 e. The largest absolute Gasteiger partial charge is 0.333 e. The van der Waals surface area contributed by atoms with Crippen molar-refractivity contribution in [1.82, 2.24) is 10.6 Å². The van der Waals surface area contributed by atoms with Gasteiger partial charge in [-0.15, -0.1) is 0 Å². The van der Waals surface area contributed by atoms with Crippen LogP contribution >= 0.6 is 0 Å². The highest BCUT2D eigenvalue weighted by Crippen LogP contribution is 2.24. The Morgan fingerprint density at radius 1 is 1.12 bits per heavy atom. The standard InChI is InChI=1S/C21H25N3O2/c1-14-9-10-19(11-15(14)2)24-13-18(12-20(24)25)23-21(26)22-16(3)17-7-5-4-6-8-17/h4-11,16,18H,12-13H2,1-3H3,(H2,22,23,26)/t16-,18+/m1/s1. The van der Waals surface area contributed by atoms with Gasteiger partial charge in [0, 0.05) is 18.7 Å². The van der Waals surface area contributed by atoms with Crippen molar-refractivity contribution in [2.24, 2.45) is 0 Å². The van der Waals surface area contributed by atoms with Crippen LogP contribution in [-0.4, -0.2) is 24.5 Å². The molecule has 0 unspecified atom stereocenters. The van der Waals surface area contributed by atoms with Crippen LogP contribution in [0.15, 0.2) is 48.5 Å². The molecule has 5 nitrogen and oxygen atoms in total. The molecule has 5 heteroatoms. The smallest absolute Gasteiger partial charge is 0.315 e. The van der Waals surface area contributed by atoms with Crippen molar-refractivity contribution in [3.8, 4) is 0 Å². The van der Waals surface area contributed by atoms with E-state index in [2.05, 4.69) is 10.6 Å². The molecule has 1 aliphatic heterocycles. The van der Waals surface area contributed by atoms with Gasteiger partial charge in [-0.25, -0.2) is 4.79 Å². The van der Waals surface area contributed by atoms with E-state index in [0.29, 0.717) is 13.0 Å². The molecule has 0 radical (unpaired) electrons. The molecule has 0 spiro atoms. The molecule has 2 atom stereocenters. The highest BCUT2D eigenvalue weighted by atomic mass is 16.2. The second kappa shape index (κ2) is 7.60. The highest BCUT2D eigenvalue weighted by molar-refractivity contribution is 5.97. The van der Waals surface area contributed by atoms with E-state index >= 15 is 0 Å². The predicted octanol–water partition coefficient (Wildman–Crippen LogP) is 3.47. The van der Waals surface area contributed by atoms with Gasteiger partial charge in [-0.1, -0.05) is 36.4 Å². The number of rotatable bonds is 4. The van der Waals surface area contributed by atoms with Gasteiger partial charge in [-0.05, 0) is 49.6 Å². The summed E-state index contributed by atoms with van der Waals surface area (Å²) < 4.78 is 0. The number of aryl methyl sites for hydroxylation is 2. The van der Waals surface area contributed by atoms with Gasteiger partial charge in [0.15, 0.2) is 0 Å². The number of benzene rings is 2. The molecular weight excluding hydrogens is 326 g/mol. The summed E-state index contributed by atoms with van der Waals surface area (Å²) in [4.78, 5) is 26.4. The molecule has 1 heterocycles. The van der Waals surface area contributed by atoms with Crippen molar-refractivity contribution < 1.29 is 9.59 Å². The van der Waals surface area contributed by atoms with E-state index in [1.807, 2.05) is 69.3 Å². The Bertz CT molecular complexity index is 804. The Morgan fingerprint density at radius 3 is 2.54 bits per heavy atom. The third kappa shape index (κ3) is 4.04. The van der Waals surface area contributed by atoms with Crippen molar-refractivity contribution >= 4 is 17.6 Å². The fraction of sp³-hybridized carbons (Fsp3) is 0.333. The molecule has 1 aliphatic rings. The van der Waals surface area contributed by atoms with Crippen LogP contribution in [-0.2, 0) is 4.79 Å². The monoisotopic (exact) mass is 351 g/mol. The Labute approximate surface area is 154 Å². The fourth-order valence-electron chi connectivity index (χ4n) is 3.20. The second-order valence-electron chi connectivity index (χ2n) is 6.92. The molecule has 0 aliphatic carbocycles. The lowest BCUT2D eigenvalue weighted by Crippen LogP contribution is -2.44. The normalized spacial score (nSPS) is 17.9. The van der Waals surface area contributed by atoms with Gasteiger partial charge in [0.2, 0.25) is 5.91 Å². The molecule has 3 rings (SSSR count). The van der Waals surface area contributed by atoms with Crippen LogP contribution in [0.2, 0.25) is 0 Å². The van der Waals surface area contributed by atoms with Crippen LogP contribution in [0.25, 0.3) is 0 Å². The van der Waals surface area contributed by atoms with Crippen LogP contribution in [0.3, 0.4) is 0 Å². The van der Waals surface area contributed by atoms with E-state index in [-0.39, 0.29) is 24.0 Å². The number of nitrogens with zero attached hydrogens (tertiary/aromatic N) is 1. The van der Waals surface area contributed by atoms with Crippen molar-refractivity contribution in [3.63, 3.8) is 0 Å². The molecule has 1 fully saturated rings. The third-order valence-electron chi connectivity index (χ3n) is 4.91. The predicted molar refractivity (Wildman–Crippen MR) is 103 cm³/mol. The molecule has 0 aromatic heterocycles. The maximum absolute atomic E-state index is 12.4. The number of carbonyl (C=O) groups is 2. The zero-order chi connectivity index (χ0) is 18.7. The van der Waals surface area contributed by atoms with Gasteiger partial charge in [-0.2, -0.15) is 0 Å². The summed E-state index contributed by atoms with van der Waals surface area (Å²) in [5.41, 5.74) is 4.29. The average molecular weight is 351 g/mol. The zero-order valence-corrected chi connectivity index (χ0v) is 15.5. The fourth-order valence-corrected chi connectivity index (χ4v) is 3.20. The number of urea groups is 1. The van der Waals surface area contributed by atoms with Crippen LogP contribution in [0, 0.1) is 13.8 Å². The molecule has 1 saturated heterocycles. The van der Waals surface area contributed by atoms with Gasteiger partial charge in [0.1, 0.15) is 0 Å². The summed E-state index contributed by atoms with van der Waals surface area (Å²) in [5.74, 6) is 0.0367. The number of amides is 3. The van der Waals surface area contributed by atoms with Crippen molar-refractivity contribution in [2.75, 3.05) is 11.4 Å². The van der Waals surface area contributed by atoms with Crippen LogP contribution < -0.4 is 15.5 Å². The Morgan fingerprint density at radius 2 is 1.85 bits per heavy atom. The van der Waals surface area contributed by atoms with Crippen LogP contribution in [0.1, 0.15) is 36.1 Å². The first kappa shape index (κ1) is 18.0. The minimum absolute atomic E-state index is 0.0367. The molecule has 2 aromatic carbocycles. The van der Waals surface area contributed by atoms with E-state index < -0.39 is 0 Å². The molecule has 0 saturated carbocycles. The van der Waals surface area contributed by atoms with Crippen LogP contribution in [0.4, 0.5) is 10.5 Å².